The number of methoxy groups -OCH3 is 1. The van der Waals surface area contributed by atoms with Gasteiger partial charge in [0.05, 0.1) is 23.4 Å². The molecule has 20 heavy (non-hydrogen) atoms. The average Bonchev–Trinajstić information content (AvgIpc) is 2.43. The number of hydrogen-bond donors (Lipinski definition) is 1. The highest BCUT2D eigenvalue weighted by Gasteiger charge is 2.11. The Hall–Kier alpha value is -1.91. The Bertz CT molecular complexity index is 659. The molecule has 0 fully saturated rings. The quantitative estimate of drug-likeness (QED) is 0.683. The summed E-state index contributed by atoms with van der Waals surface area (Å²) >= 11 is 11.8. The van der Waals surface area contributed by atoms with Gasteiger partial charge < -0.3 is 15.2 Å². The van der Waals surface area contributed by atoms with E-state index in [2.05, 4.69) is 4.74 Å². The minimum Gasteiger partial charge on any atom is -0.465 e. The normalized spacial score (nSPS) is 10.2. The van der Waals surface area contributed by atoms with Crippen molar-refractivity contribution >= 4 is 34.9 Å². The third kappa shape index (κ3) is 3.15. The van der Waals surface area contributed by atoms with E-state index in [4.69, 9.17) is 33.7 Å². The van der Waals surface area contributed by atoms with Gasteiger partial charge >= 0.3 is 5.97 Å². The molecule has 0 spiro atoms. The monoisotopic (exact) mass is 311 g/mol. The highest BCUT2D eigenvalue weighted by atomic mass is 35.5. The van der Waals surface area contributed by atoms with Crippen LogP contribution in [-0.4, -0.2) is 13.1 Å². The van der Waals surface area contributed by atoms with Gasteiger partial charge in [-0.25, -0.2) is 4.79 Å². The molecule has 4 nitrogen and oxygen atoms in total. The van der Waals surface area contributed by atoms with Crippen molar-refractivity contribution in [2.75, 3.05) is 12.8 Å². The minimum absolute atomic E-state index is 0.317. The summed E-state index contributed by atoms with van der Waals surface area (Å²) in [6.45, 7) is 0. The summed E-state index contributed by atoms with van der Waals surface area (Å²) in [5, 5.41) is 0.846. The van der Waals surface area contributed by atoms with Crippen molar-refractivity contribution in [2.45, 2.75) is 0 Å². The Morgan fingerprint density at radius 3 is 2.50 bits per heavy atom. The maximum absolute atomic E-state index is 11.5. The molecular formula is C14H11Cl2NO3. The maximum Gasteiger partial charge on any atom is 0.337 e. The number of halogens is 2. The number of carbonyl (C=O) groups excluding carboxylic acids is 1. The van der Waals surface area contributed by atoms with Crippen molar-refractivity contribution in [3.05, 3.63) is 52.0 Å². The number of esters is 1. The van der Waals surface area contributed by atoms with Gasteiger partial charge in [-0.2, -0.15) is 0 Å². The number of anilines is 1. The highest BCUT2D eigenvalue weighted by Crippen LogP contribution is 2.34. The Labute approximate surface area is 126 Å². The molecule has 0 amide bonds. The molecule has 0 aliphatic rings. The van der Waals surface area contributed by atoms with Crippen LogP contribution in [-0.2, 0) is 4.74 Å². The number of rotatable bonds is 3. The van der Waals surface area contributed by atoms with Gasteiger partial charge in [-0.1, -0.05) is 23.2 Å². The molecule has 2 aromatic rings. The molecule has 2 aromatic carbocycles. The van der Waals surface area contributed by atoms with Crippen molar-refractivity contribution in [1.82, 2.24) is 0 Å². The molecule has 0 saturated carbocycles. The van der Waals surface area contributed by atoms with Crippen molar-refractivity contribution in [1.29, 1.82) is 0 Å². The first-order valence-corrected chi connectivity index (χ1v) is 6.37. The molecule has 6 heteroatoms. The van der Waals surface area contributed by atoms with Crippen LogP contribution >= 0.6 is 23.2 Å². The zero-order valence-electron chi connectivity index (χ0n) is 10.5. The molecule has 0 aliphatic heterocycles. The van der Waals surface area contributed by atoms with Crippen molar-refractivity contribution in [3.63, 3.8) is 0 Å². The standard InChI is InChI=1S/C14H11Cl2NO3/c1-19-14(18)8-2-4-11(17)13(6-8)20-12-5-3-9(15)7-10(12)16/h2-7H,17H2,1H3. The van der Waals surface area contributed by atoms with Crippen molar-refractivity contribution in [2.24, 2.45) is 0 Å². The second kappa shape index (κ2) is 6.03. The summed E-state index contributed by atoms with van der Waals surface area (Å²) in [5.41, 5.74) is 6.53. The van der Waals surface area contributed by atoms with E-state index in [1.807, 2.05) is 0 Å². The van der Waals surface area contributed by atoms with E-state index >= 15 is 0 Å². The molecule has 0 radical (unpaired) electrons. The molecule has 2 N–H and O–H groups in total. The largest absolute Gasteiger partial charge is 0.465 e. The van der Waals surface area contributed by atoms with Crippen LogP contribution in [0.1, 0.15) is 10.4 Å². The second-order valence-corrected chi connectivity index (χ2v) is 4.76. The van der Waals surface area contributed by atoms with E-state index in [9.17, 15) is 4.79 Å². The van der Waals surface area contributed by atoms with Crippen molar-refractivity contribution in [3.8, 4) is 11.5 Å². The summed E-state index contributed by atoms with van der Waals surface area (Å²) in [5.74, 6) is 0.235. The Morgan fingerprint density at radius 2 is 1.85 bits per heavy atom. The number of ether oxygens (including phenoxy) is 2. The molecule has 0 atom stereocenters. The fourth-order valence-corrected chi connectivity index (χ4v) is 1.99. The van der Waals surface area contributed by atoms with Gasteiger partial charge in [0.25, 0.3) is 0 Å². The van der Waals surface area contributed by atoms with Gasteiger partial charge in [0.2, 0.25) is 0 Å². The molecule has 0 bridgehead atoms. The first-order chi connectivity index (χ1) is 9.51. The fourth-order valence-electron chi connectivity index (χ4n) is 1.54. The topological polar surface area (TPSA) is 61.5 Å². The van der Waals surface area contributed by atoms with Gasteiger partial charge in [-0.05, 0) is 36.4 Å². The predicted molar refractivity (Wildman–Crippen MR) is 78.7 cm³/mol. The third-order valence-electron chi connectivity index (χ3n) is 2.55. The van der Waals surface area contributed by atoms with Crippen molar-refractivity contribution < 1.29 is 14.3 Å². The summed E-state index contributed by atoms with van der Waals surface area (Å²) in [6.07, 6.45) is 0. The lowest BCUT2D eigenvalue weighted by Crippen LogP contribution is -2.02. The number of carbonyl (C=O) groups is 1. The first-order valence-electron chi connectivity index (χ1n) is 5.62. The van der Waals surface area contributed by atoms with E-state index in [1.165, 1.54) is 13.2 Å². The van der Waals surface area contributed by atoms with E-state index < -0.39 is 5.97 Å². The van der Waals surface area contributed by atoms with E-state index in [-0.39, 0.29) is 0 Å². The highest BCUT2D eigenvalue weighted by molar-refractivity contribution is 6.35. The van der Waals surface area contributed by atoms with Crippen LogP contribution in [0, 0.1) is 0 Å². The fraction of sp³-hybridized carbons (Fsp3) is 0.0714. The molecule has 2 rings (SSSR count). The van der Waals surface area contributed by atoms with Crippen LogP contribution in [0.25, 0.3) is 0 Å². The van der Waals surface area contributed by atoms with E-state index in [0.717, 1.165) is 0 Å². The number of benzene rings is 2. The van der Waals surface area contributed by atoms with Gasteiger partial charge in [0.1, 0.15) is 5.75 Å². The molecule has 0 unspecified atom stereocenters. The molecule has 0 heterocycles. The zero-order valence-corrected chi connectivity index (χ0v) is 12.0. The summed E-state index contributed by atoms with van der Waals surface area (Å²) < 4.78 is 10.2. The molecule has 104 valence electrons. The van der Waals surface area contributed by atoms with Crippen LogP contribution in [0.3, 0.4) is 0 Å². The zero-order chi connectivity index (χ0) is 14.7. The minimum atomic E-state index is -0.475. The number of hydrogen-bond acceptors (Lipinski definition) is 4. The van der Waals surface area contributed by atoms with Crippen LogP contribution < -0.4 is 10.5 Å². The van der Waals surface area contributed by atoms with Gasteiger partial charge in [-0.15, -0.1) is 0 Å². The Balaban J connectivity index is 2.35. The molecular weight excluding hydrogens is 301 g/mol. The number of nitrogens with two attached hydrogens (primary N) is 1. The molecule has 0 aliphatic carbocycles. The van der Waals surface area contributed by atoms with Gasteiger partial charge in [-0.3, -0.25) is 0 Å². The smallest absolute Gasteiger partial charge is 0.337 e. The molecule has 0 aromatic heterocycles. The number of nitrogen functional groups attached to an aromatic ring is 1. The predicted octanol–water partition coefficient (Wildman–Crippen LogP) is 4.15. The molecule has 0 saturated heterocycles. The van der Waals surface area contributed by atoms with Crippen LogP contribution in [0.5, 0.6) is 11.5 Å². The first kappa shape index (κ1) is 14.5. The average molecular weight is 312 g/mol. The van der Waals surface area contributed by atoms with E-state index in [0.29, 0.717) is 32.8 Å². The van der Waals surface area contributed by atoms with Crippen LogP contribution in [0.2, 0.25) is 10.0 Å². The van der Waals surface area contributed by atoms with Gasteiger partial charge in [0, 0.05) is 5.02 Å². The summed E-state index contributed by atoms with van der Waals surface area (Å²) in [7, 11) is 1.30. The van der Waals surface area contributed by atoms with Crippen LogP contribution in [0.4, 0.5) is 5.69 Å². The van der Waals surface area contributed by atoms with E-state index in [1.54, 1.807) is 30.3 Å². The Morgan fingerprint density at radius 1 is 1.10 bits per heavy atom. The maximum atomic E-state index is 11.5. The third-order valence-corrected chi connectivity index (χ3v) is 3.08. The summed E-state index contributed by atoms with van der Waals surface area (Å²) in [6, 6.07) is 9.42. The lowest BCUT2D eigenvalue weighted by atomic mass is 10.2. The SMILES string of the molecule is COC(=O)c1ccc(N)c(Oc2ccc(Cl)cc2Cl)c1. The van der Waals surface area contributed by atoms with Gasteiger partial charge in [0.15, 0.2) is 5.75 Å². The second-order valence-electron chi connectivity index (χ2n) is 3.92. The lowest BCUT2D eigenvalue weighted by molar-refractivity contribution is 0.0600. The lowest BCUT2D eigenvalue weighted by Gasteiger charge is -2.11. The van der Waals surface area contributed by atoms with Crippen LogP contribution in [0.15, 0.2) is 36.4 Å². The Kier molecular flexibility index (Phi) is 4.37. The summed E-state index contributed by atoms with van der Waals surface area (Å²) in [4.78, 5) is 11.5.